The predicted octanol–water partition coefficient (Wildman–Crippen LogP) is 5.37. The lowest BCUT2D eigenvalue weighted by Crippen LogP contribution is -2.48. The van der Waals surface area contributed by atoms with E-state index < -0.39 is 20.3 Å². The molecule has 202 valence electrons. The third-order valence-corrected chi connectivity index (χ3v) is 13.4. The Labute approximate surface area is 226 Å². The molecule has 7 nitrogen and oxygen atoms in total. The zero-order valence-corrected chi connectivity index (χ0v) is 25.5. The maximum Gasteiger partial charge on any atom is 0.338 e. The molecule has 0 bridgehead atoms. The standard InChI is InChI=1S/C26H42N2O5S2Si/c1-16(2)26(4,5)36(7,8)33-21-13-20(31-6)17(3)23-18(21)14-35-15-19(24(27)34)28-22(29)11-9-10-12-32-25(23)30/h13,16,19H,9-12,14-15H2,1-8H3,(H2,27,34)(H,28,29)/t19-/m1/s1. The molecule has 1 aliphatic heterocycles. The Morgan fingerprint density at radius 2 is 1.94 bits per heavy atom. The lowest BCUT2D eigenvalue weighted by Gasteiger charge is -2.43. The Bertz CT molecular complexity index is 982. The maximum absolute atomic E-state index is 13.4. The lowest BCUT2D eigenvalue weighted by molar-refractivity contribution is -0.121. The van der Waals surface area contributed by atoms with Gasteiger partial charge in [0.1, 0.15) is 11.5 Å². The highest BCUT2D eigenvalue weighted by Gasteiger charge is 2.45. The minimum Gasteiger partial charge on any atom is -0.543 e. The Hall–Kier alpha value is -1.78. The number of hydrogen-bond donors (Lipinski definition) is 2. The third-order valence-electron chi connectivity index (χ3n) is 7.63. The van der Waals surface area contributed by atoms with E-state index in [9.17, 15) is 9.59 Å². The molecule has 0 radical (unpaired) electrons. The van der Waals surface area contributed by atoms with Crippen LogP contribution >= 0.6 is 24.0 Å². The lowest BCUT2D eigenvalue weighted by atomic mass is 9.99. The third kappa shape index (κ3) is 7.16. The van der Waals surface area contributed by atoms with Crippen LogP contribution in [0.4, 0.5) is 0 Å². The summed E-state index contributed by atoms with van der Waals surface area (Å²) in [5.41, 5.74) is 7.90. The van der Waals surface area contributed by atoms with Crippen molar-refractivity contribution in [1.82, 2.24) is 5.32 Å². The molecule has 36 heavy (non-hydrogen) atoms. The summed E-state index contributed by atoms with van der Waals surface area (Å²) in [5.74, 6) is 2.09. The zero-order valence-electron chi connectivity index (χ0n) is 22.9. The molecule has 1 aliphatic rings. The second-order valence-electron chi connectivity index (χ2n) is 10.7. The number of thiocarbonyl (C=S) groups is 1. The summed E-state index contributed by atoms with van der Waals surface area (Å²) >= 11 is 6.76. The van der Waals surface area contributed by atoms with Gasteiger partial charge in [0.05, 0.1) is 30.3 Å². The molecule has 1 aromatic rings. The van der Waals surface area contributed by atoms with Crippen molar-refractivity contribution < 1.29 is 23.5 Å². The van der Waals surface area contributed by atoms with Gasteiger partial charge in [-0.3, -0.25) is 4.79 Å². The number of fused-ring (bicyclic) bond motifs is 1. The van der Waals surface area contributed by atoms with Crippen molar-refractivity contribution in [1.29, 1.82) is 0 Å². The number of thioether (sulfide) groups is 1. The number of esters is 1. The largest absolute Gasteiger partial charge is 0.543 e. The van der Waals surface area contributed by atoms with Crippen LogP contribution in [0.5, 0.6) is 11.5 Å². The van der Waals surface area contributed by atoms with Crippen molar-refractivity contribution in [3.05, 3.63) is 22.8 Å². The molecule has 10 heteroatoms. The van der Waals surface area contributed by atoms with E-state index in [-0.39, 0.29) is 22.5 Å². The van der Waals surface area contributed by atoms with E-state index in [2.05, 4.69) is 46.1 Å². The number of nitrogens with one attached hydrogen (secondary N) is 1. The molecule has 1 heterocycles. The van der Waals surface area contributed by atoms with Gasteiger partial charge in [0, 0.05) is 35.1 Å². The first-order valence-electron chi connectivity index (χ1n) is 12.5. The van der Waals surface area contributed by atoms with Crippen molar-refractivity contribution in [2.45, 2.75) is 83.8 Å². The Morgan fingerprint density at radius 3 is 2.53 bits per heavy atom. The molecule has 3 N–H and O–H groups in total. The van der Waals surface area contributed by atoms with Gasteiger partial charge < -0.3 is 25.0 Å². The van der Waals surface area contributed by atoms with E-state index in [0.29, 0.717) is 53.7 Å². The number of amides is 1. The summed E-state index contributed by atoms with van der Waals surface area (Å²) < 4.78 is 18.2. The molecular formula is C26H42N2O5S2Si. The molecule has 2 rings (SSSR count). The van der Waals surface area contributed by atoms with Crippen LogP contribution in [0.15, 0.2) is 6.07 Å². The van der Waals surface area contributed by atoms with E-state index in [0.717, 1.165) is 11.1 Å². The van der Waals surface area contributed by atoms with Crippen molar-refractivity contribution in [3.8, 4) is 11.5 Å². The van der Waals surface area contributed by atoms with Gasteiger partial charge in [-0.05, 0) is 43.8 Å². The van der Waals surface area contributed by atoms with E-state index in [4.69, 9.17) is 31.9 Å². The topological polar surface area (TPSA) is 99.9 Å². The Morgan fingerprint density at radius 1 is 1.28 bits per heavy atom. The molecule has 0 fully saturated rings. The van der Waals surface area contributed by atoms with Crippen LogP contribution in [0.3, 0.4) is 0 Å². The number of nitrogens with two attached hydrogens (primary N) is 1. The van der Waals surface area contributed by atoms with Gasteiger partial charge in [-0.15, -0.1) is 0 Å². The molecule has 0 saturated heterocycles. The van der Waals surface area contributed by atoms with Crippen molar-refractivity contribution in [3.63, 3.8) is 0 Å². The number of hydrogen-bond acceptors (Lipinski definition) is 7. The predicted molar refractivity (Wildman–Crippen MR) is 154 cm³/mol. The van der Waals surface area contributed by atoms with Gasteiger partial charge in [0.25, 0.3) is 8.32 Å². The summed E-state index contributed by atoms with van der Waals surface area (Å²) in [5, 5.41) is 2.91. The number of methoxy groups -OCH3 is 1. The number of ether oxygens (including phenoxy) is 2. The number of cyclic esters (lactones) is 1. The number of carbonyl (C=O) groups excluding carboxylic acids is 2. The quantitative estimate of drug-likeness (QED) is 0.275. The van der Waals surface area contributed by atoms with Gasteiger partial charge in [0.2, 0.25) is 5.91 Å². The molecule has 0 spiro atoms. The average molecular weight is 555 g/mol. The molecule has 0 aromatic heterocycles. The van der Waals surface area contributed by atoms with Crippen molar-refractivity contribution in [2.75, 3.05) is 19.5 Å². The minimum absolute atomic E-state index is 0.0334. The van der Waals surface area contributed by atoms with Gasteiger partial charge in [0.15, 0.2) is 0 Å². The van der Waals surface area contributed by atoms with E-state index in [1.165, 1.54) is 0 Å². The number of carbonyl (C=O) groups is 2. The summed E-state index contributed by atoms with van der Waals surface area (Å²) in [7, 11) is -0.714. The Balaban J connectivity index is 2.60. The van der Waals surface area contributed by atoms with Crippen LogP contribution in [-0.4, -0.2) is 50.7 Å². The highest BCUT2D eigenvalue weighted by molar-refractivity contribution is 7.98. The van der Waals surface area contributed by atoms with Crippen LogP contribution in [-0.2, 0) is 15.3 Å². The first-order chi connectivity index (χ1) is 16.7. The fourth-order valence-corrected chi connectivity index (χ4v) is 7.72. The molecule has 1 atom stereocenters. The Kier molecular flexibility index (Phi) is 10.7. The zero-order chi connectivity index (χ0) is 27.3. The maximum atomic E-state index is 13.4. The summed E-state index contributed by atoms with van der Waals surface area (Å²) in [6, 6.07) is 1.47. The number of rotatable bonds is 6. The summed E-state index contributed by atoms with van der Waals surface area (Å²) in [6.07, 6.45) is 1.50. The molecular weight excluding hydrogens is 513 g/mol. The van der Waals surface area contributed by atoms with Crippen LogP contribution in [0, 0.1) is 12.8 Å². The summed E-state index contributed by atoms with van der Waals surface area (Å²) in [6.45, 7) is 15.4. The minimum atomic E-state index is -2.31. The molecule has 1 amide bonds. The van der Waals surface area contributed by atoms with Crippen molar-refractivity contribution >= 4 is 49.2 Å². The average Bonchev–Trinajstić information content (AvgIpc) is 2.78. The first kappa shape index (κ1) is 30.4. The second-order valence-corrected chi connectivity index (χ2v) is 16.7. The van der Waals surface area contributed by atoms with Gasteiger partial charge in [-0.25, -0.2) is 4.79 Å². The van der Waals surface area contributed by atoms with Crippen LogP contribution in [0.1, 0.15) is 68.4 Å². The smallest absolute Gasteiger partial charge is 0.338 e. The van der Waals surface area contributed by atoms with Crippen LogP contribution in [0.2, 0.25) is 18.1 Å². The van der Waals surface area contributed by atoms with E-state index >= 15 is 0 Å². The number of benzene rings is 1. The van der Waals surface area contributed by atoms with Gasteiger partial charge >= 0.3 is 5.97 Å². The second kappa shape index (κ2) is 12.6. The van der Waals surface area contributed by atoms with E-state index in [1.807, 2.05) is 13.0 Å². The first-order valence-corrected chi connectivity index (χ1v) is 16.9. The fourth-order valence-electron chi connectivity index (χ4n) is 3.98. The normalized spacial score (nSPS) is 18.5. The highest BCUT2D eigenvalue weighted by Crippen LogP contribution is 2.47. The highest BCUT2D eigenvalue weighted by atomic mass is 32.2. The molecule has 0 aliphatic carbocycles. The van der Waals surface area contributed by atoms with Gasteiger partial charge in [-0.1, -0.05) is 39.9 Å². The molecule has 0 unspecified atom stereocenters. The SMILES string of the molecule is COc1cc(O[Si](C)(C)C(C)(C)C(C)C)c2c(c1C)C(=O)OCCCCC(=O)N[C@@H](C(N)=S)CSC2. The molecule has 1 aromatic carbocycles. The van der Waals surface area contributed by atoms with Crippen molar-refractivity contribution in [2.24, 2.45) is 11.7 Å². The monoisotopic (exact) mass is 554 g/mol. The van der Waals surface area contributed by atoms with Crippen LogP contribution < -0.4 is 20.2 Å². The molecule has 0 saturated carbocycles. The van der Waals surface area contributed by atoms with E-state index in [1.54, 1.807) is 18.9 Å². The van der Waals surface area contributed by atoms with Crippen LogP contribution in [0.25, 0.3) is 0 Å². The van der Waals surface area contributed by atoms with Gasteiger partial charge in [-0.2, -0.15) is 11.8 Å². The summed E-state index contributed by atoms with van der Waals surface area (Å²) in [4.78, 5) is 26.0. The fraction of sp³-hybridized carbons (Fsp3) is 0.654.